The highest BCUT2D eigenvalue weighted by Crippen LogP contribution is 2.08. The number of esters is 1. The fourth-order valence-corrected chi connectivity index (χ4v) is 1.98. The zero-order chi connectivity index (χ0) is 20.5. The molecule has 0 aliphatic rings. The van der Waals surface area contributed by atoms with Crippen molar-refractivity contribution in [2.75, 3.05) is 13.7 Å². The molecule has 1 aromatic carbocycles. The van der Waals surface area contributed by atoms with Gasteiger partial charge >= 0.3 is 12.1 Å². The van der Waals surface area contributed by atoms with Gasteiger partial charge < -0.3 is 25.1 Å². The molecule has 0 radical (unpaired) electrons. The minimum absolute atomic E-state index is 0.0358. The number of ether oxygens (including phenoxy) is 2. The molecule has 0 saturated carbocycles. The Kier molecular flexibility index (Phi) is 9.25. The topological polar surface area (TPSA) is 148 Å². The summed E-state index contributed by atoms with van der Waals surface area (Å²) in [6, 6.07) is 4.91. The van der Waals surface area contributed by atoms with Crippen LogP contribution in [0.25, 0.3) is 0 Å². The molecule has 1 aromatic rings. The first kappa shape index (κ1) is 23.8. The maximum Gasteiger partial charge on any atom is 0.408 e. The maximum atomic E-state index is 11.3. The Balaban J connectivity index is 0.000000502. The van der Waals surface area contributed by atoms with Crippen LogP contribution in [0.5, 0.6) is 0 Å². The molecule has 0 spiro atoms. The number of hydrogen-bond acceptors (Lipinski definition) is 8. The highest BCUT2D eigenvalue weighted by molar-refractivity contribution is 7.85. The molecule has 1 amide bonds. The van der Waals surface area contributed by atoms with Gasteiger partial charge in [0, 0.05) is 6.54 Å². The minimum Gasteiger partial charge on any atom is -0.744 e. The largest absolute Gasteiger partial charge is 0.744 e. The summed E-state index contributed by atoms with van der Waals surface area (Å²) in [4.78, 5) is 22.1. The Hall–Kier alpha value is -2.17. The van der Waals surface area contributed by atoms with Crippen LogP contribution in [0.3, 0.4) is 0 Å². The molecule has 148 valence electrons. The van der Waals surface area contributed by atoms with Crippen LogP contribution in [-0.4, -0.2) is 50.3 Å². The van der Waals surface area contributed by atoms with Gasteiger partial charge in [-0.1, -0.05) is 17.7 Å². The number of aryl methyl sites for hydroxylation is 1. The minimum atomic E-state index is -4.27. The molecule has 1 rings (SSSR count). The summed E-state index contributed by atoms with van der Waals surface area (Å²) >= 11 is 0. The predicted octanol–water partition coefficient (Wildman–Crippen LogP) is 0.911. The zero-order valence-electron chi connectivity index (χ0n) is 15.4. The Bertz CT molecular complexity index is 694. The lowest BCUT2D eigenvalue weighted by Crippen LogP contribution is -2.48. The predicted molar refractivity (Wildman–Crippen MR) is 93.4 cm³/mol. The molecule has 0 aliphatic carbocycles. The van der Waals surface area contributed by atoms with Gasteiger partial charge in [0.2, 0.25) is 0 Å². The Morgan fingerprint density at radius 1 is 1.23 bits per heavy atom. The second kappa shape index (κ2) is 10.1. The van der Waals surface area contributed by atoms with Crippen molar-refractivity contribution in [3.05, 3.63) is 29.8 Å². The van der Waals surface area contributed by atoms with Crippen LogP contribution < -0.4 is 11.1 Å². The van der Waals surface area contributed by atoms with E-state index in [1.54, 1.807) is 32.9 Å². The number of methoxy groups -OCH3 is 1. The molecule has 10 heteroatoms. The van der Waals surface area contributed by atoms with E-state index in [2.05, 4.69) is 10.1 Å². The quantitative estimate of drug-likeness (QED) is 0.570. The Morgan fingerprint density at radius 3 is 2.08 bits per heavy atom. The lowest BCUT2D eigenvalue weighted by atomic mass is 10.2. The van der Waals surface area contributed by atoms with Gasteiger partial charge in [0.1, 0.15) is 21.8 Å². The van der Waals surface area contributed by atoms with E-state index in [0.29, 0.717) is 0 Å². The van der Waals surface area contributed by atoms with Crippen LogP contribution in [0.4, 0.5) is 4.79 Å². The second-order valence-corrected chi connectivity index (χ2v) is 7.60. The summed E-state index contributed by atoms with van der Waals surface area (Å²) < 4.78 is 40.6. The smallest absolute Gasteiger partial charge is 0.408 e. The Morgan fingerprint density at radius 2 is 1.73 bits per heavy atom. The lowest BCUT2D eigenvalue weighted by Gasteiger charge is -2.21. The Labute approximate surface area is 153 Å². The first-order valence-corrected chi connectivity index (χ1v) is 9.01. The van der Waals surface area contributed by atoms with Gasteiger partial charge in [-0.05, 0) is 39.8 Å². The monoisotopic (exact) mass is 389 g/mol. The van der Waals surface area contributed by atoms with E-state index in [9.17, 15) is 22.6 Å². The van der Waals surface area contributed by atoms with Gasteiger partial charge in [-0.25, -0.2) is 18.0 Å². The van der Waals surface area contributed by atoms with Crippen molar-refractivity contribution in [1.82, 2.24) is 5.32 Å². The van der Waals surface area contributed by atoms with Crippen LogP contribution in [0, 0.1) is 6.92 Å². The van der Waals surface area contributed by atoms with Crippen LogP contribution in [0.1, 0.15) is 26.3 Å². The third-order valence-electron chi connectivity index (χ3n) is 2.72. The van der Waals surface area contributed by atoms with E-state index < -0.39 is 33.8 Å². The number of nitrogens with one attached hydrogen (secondary N) is 1. The molecule has 0 aliphatic heterocycles. The van der Waals surface area contributed by atoms with Crippen molar-refractivity contribution in [3.63, 3.8) is 0 Å². The van der Waals surface area contributed by atoms with Gasteiger partial charge in [0.15, 0.2) is 0 Å². The number of carbonyl (C=O) groups excluding carboxylic acids is 2. The first-order valence-electron chi connectivity index (χ1n) is 7.60. The van der Waals surface area contributed by atoms with Crippen molar-refractivity contribution in [2.24, 2.45) is 5.73 Å². The average Bonchev–Trinajstić information content (AvgIpc) is 2.50. The van der Waals surface area contributed by atoms with Gasteiger partial charge in [-0.3, -0.25) is 0 Å². The number of rotatable bonds is 4. The van der Waals surface area contributed by atoms with Crippen LogP contribution >= 0.6 is 0 Å². The summed E-state index contributed by atoms with van der Waals surface area (Å²) in [5.74, 6) is -0.594. The highest BCUT2D eigenvalue weighted by Gasteiger charge is 2.23. The number of carbonyl (C=O) groups is 2. The van der Waals surface area contributed by atoms with E-state index in [1.807, 2.05) is 6.92 Å². The first-order chi connectivity index (χ1) is 11.8. The van der Waals surface area contributed by atoms with Gasteiger partial charge in [-0.15, -0.1) is 0 Å². The molecule has 9 nitrogen and oxygen atoms in total. The molecule has 0 bridgehead atoms. The molecule has 0 fully saturated rings. The van der Waals surface area contributed by atoms with E-state index in [4.69, 9.17) is 10.5 Å². The molecule has 1 unspecified atom stereocenters. The fraction of sp³-hybridized carbons (Fsp3) is 0.500. The van der Waals surface area contributed by atoms with Crippen LogP contribution in [-0.2, 0) is 24.4 Å². The molecule has 0 aromatic heterocycles. The summed E-state index contributed by atoms with van der Waals surface area (Å²) in [5, 5.41) is 2.31. The zero-order valence-corrected chi connectivity index (χ0v) is 16.3. The maximum absolute atomic E-state index is 11.3. The van der Waals surface area contributed by atoms with Crippen molar-refractivity contribution in [1.29, 1.82) is 0 Å². The summed E-state index contributed by atoms with van der Waals surface area (Å²) in [6.45, 7) is 6.96. The standard InChI is InChI=1S/C9H18N2O4.C7H8O3S/c1-9(2,3)15-8(13)11-6(5-10)7(12)14-4;1-6-2-4-7(5-3-6)11(8,9)10/h6H,5,10H2,1-4H3,(H,11,13);2-5H,1H3,(H,8,9,10)/p-1. The molecule has 3 N–H and O–H groups in total. The van der Waals surface area contributed by atoms with E-state index >= 15 is 0 Å². The molecule has 26 heavy (non-hydrogen) atoms. The molecular formula is C16H25N2O7S-. The number of benzene rings is 1. The molecule has 0 saturated heterocycles. The van der Waals surface area contributed by atoms with Crippen molar-refractivity contribution in [3.8, 4) is 0 Å². The van der Waals surface area contributed by atoms with Gasteiger partial charge in [0.25, 0.3) is 0 Å². The SMILES string of the molecule is COC(=O)C(CN)NC(=O)OC(C)(C)C.Cc1ccc(S(=O)(=O)[O-])cc1. The van der Waals surface area contributed by atoms with Crippen LogP contribution in [0.2, 0.25) is 0 Å². The third-order valence-corrected chi connectivity index (χ3v) is 3.57. The molecule has 1 atom stereocenters. The van der Waals surface area contributed by atoms with Gasteiger partial charge in [0.05, 0.1) is 12.0 Å². The number of alkyl carbamates (subject to hydrolysis) is 1. The second-order valence-electron chi connectivity index (χ2n) is 6.22. The van der Waals surface area contributed by atoms with Gasteiger partial charge in [-0.2, -0.15) is 0 Å². The number of amides is 1. The molecule has 0 heterocycles. The summed E-state index contributed by atoms with van der Waals surface area (Å²) in [6.07, 6.45) is -0.691. The number of nitrogens with two attached hydrogens (primary N) is 1. The van der Waals surface area contributed by atoms with E-state index in [0.717, 1.165) is 5.56 Å². The van der Waals surface area contributed by atoms with Crippen molar-refractivity contribution >= 4 is 22.2 Å². The van der Waals surface area contributed by atoms with Crippen molar-refractivity contribution < 1.29 is 32.0 Å². The van der Waals surface area contributed by atoms with E-state index in [-0.39, 0.29) is 11.4 Å². The van der Waals surface area contributed by atoms with E-state index in [1.165, 1.54) is 19.2 Å². The average molecular weight is 389 g/mol. The molecular weight excluding hydrogens is 364 g/mol. The highest BCUT2D eigenvalue weighted by atomic mass is 32.2. The number of hydrogen-bond donors (Lipinski definition) is 2. The summed E-state index contributed by atoms with van der Waals surface area (Å²) in [7, 11) is -3.05. The van der Waals surface area contributed by atoms with Crippen LogP contribution in [0.15, 0.2) is 29.2 Å². The third kappa shape index (κ3) is 9.97. The van der Waals surface area contributed by atoms with Crippen molar-refractivity contribution in [2.45, 2.75) is 44.2 Å². The normalized spacial score (nSPS) is 12.3. The fourth-order valence-electron chi connectivity index (χ4n) is 1.51. The lowest BCUT2D eigenvalue weighted by molar-refractivity contribution is -0.142. The summed E-state index contributed by atoms with van der Waals surface area (Å²) in [5.41, 5.74) is 5.61.